The van der Waals surface area contributed by atoms with Gasteiger partial charge < -0.3 is 24.4 Å². The number of carbonyl (C=O) groups is 2. The molecule has 0 aliphatic carbocycles. The third kappa shape index (κ3) is 6.60. The van der Waals surface area contributed by atoms with Gasteiger partial charge >= 0.3 is 0 Å². The number of carbonyl (C=O) groups excluding carboxylic acids is 2. The van der Waals surface area contributed by atoms with Crippen LogP contribution in [0.15, 0.2) is 48.0 Å². The molecule has 2 amide bonds. The molecule has 1 aliphatic rings. The number of hydrogen-bond acceptors (Lipinski definition) is 7. The van der Waals surface area contributed by atoms with Gasteiger partial charge in [-0.05, 0) is 62.1 Å². The van der Waals surface area contributed by atoms with Gasteiger partial charge in [0.1, 0.15) is 11.8 Å². The number of thiazole rings is 1. The summed E-state index contributed by atoms with van der Waals surface area (Å²) < 4.78 is 16.9. The summed E-state index contributed by atoms with van der Waals surface area (Å²) in [6, 6.07) is 12.1. The molecule has 0 radical (unpaired) electrons. The predicted molar refractivity (Wildman–Crippen MR) is 143 cm³/mol. The van der Waals surface area contributed by atoms with Crippen LogP contribution in [-0.4, -0.2) is 55.1 Å². The van der Waals surface area contributed by atoms with Crippen LogP contribution in [0.1, 0.15) is 45.8 Å². The van der Waals surface area contributed by atoms with Crippen molar-refractivity contribution in [2.75, 3.05) is 27.4 Å². The second-order valence-corrected chi connectivity index (χ2v) is 9.85. The van der Waals surface area contributed by atoms with E-state index in [-0.39, 0.29) is 18.4 Å². The van der Waals surface area contributed by atoms with Gasteiger partial charge in [-0.25, -0.2) is 4.98 Å². The first-order valence-corrected chi connectivity index (χ1v) is 13.3. The van der Waals surface area contributed by atoms with E-state index in [1.54, 1.807) is 54.7 Å². The highest BCUT2D eigenvalue weighted by molar-refractivity contribution is 7.09. The molecule has 37 heavy (non-hydrogen) atoms. The lowest BCUT2D eigenvalue weighted by atomic mass is 10.0. The lowest BCUT2D eigenvalue weighted by molar-refractivity contribution is -0.125. The molecule has 1 aromatic heterocycles. The molecule has 2 heterocycles. The molecule has 1 aliphatic heterocycles. The maximum atomic E-state index is 13.7. The Labute approximate surface area is 221 Å². The van der Waals surface area contributed by atoms with E-state index in [1.807, 2.05) is 30.6 Å². The van der Waals surface area contributed by atoms with E-state index in [9.17, 15) is 9.59 Å². The molecule has 4 rings (SSSR count). The predicted octanol–water partition coefficient (Wildman–Crippen LogP) is 4.40. The average Bonchev–Trinajstić information content (AvgIpc) is 3.21. The van der Waals surface area contributed by atoms with Gasteiger partial charge in [0.15, 0.2) is 11.5 Å². The first-order valence-electron chi connectivity index (χ1n) is 12.4. The zero-order valence-electron chi connectivity index (χ0n) is 21.5. The third-order valence-corrected chi connectivity index (χ3v) is 7.47. The molecule has 1 saturated heterocycles. The zero-order valence-corrected chi connectivity index (χ0v) is 22.3. The van der Waals surface area contributed by atoms with Crippen LogP contribution in [0, 0.1) is 6.92 Å². The van der Waals surface area contributed by atoms with Crippen LogP contribution < -0.4 is 19.5 Å². The first-order chi connectivity index (χ1) is 18.0. The standard InChI is InChI=1S/C28H33N3O5S/c1-19-26(37-18-30-19)12-14-36-24-11-10-20(15-25(24)35-3)17-31(23-9-4-5-13-29-27(23)32)28(33)21-7-6-8-22(16-21)34-2/h6-8,10-11,15-16,18,23H,4-5,9,12-14,17H2,1-3H3,(H,29,32)/t23-/m0/s1. The van der Waals surface area contributed by atoms with Crippen LogP contribution in [0.4, 0.5) is 0 Å². The van der Waals surface area contributed by atoms with Crippen molar-refractivity contribution >= 4 is 23.2 Å². The second kappa shape index (κ2) is 12.6. The Morgan fingerprint density at radius 1 is 1.14 bits per heavy atom. The minimum absolute atomic E-state index is 0.126. The molecule has 1 fully saturated rings. The van der Waals surface area contributed by atoms with E-state index in [1.165, 1.54) is 4.88 Å². The highest BCUT2D eigenvalue weighted by Crippen LogP contribution is 2.30. The maximum Gasteiger partial charge on any atom is 0.254 e. The van der Waals surface area contributed by atoms with E-state index in [0.717, 1.165) is 30.5 Å². The normalized spacial score (nSPS) is 15.4. The summed E-state index contributed by atoms with van der Waals surface area (Å²) in [6.45, 7) is 3.37. The van der Waals surface area contributed by atoms with Crippen molar-refractivity contribution in [2.45, 2.75) is 45.2 Å². The third-order valence-electron chi connectivity index (χ3n) is 6.47. The monoisotopic (exact) mass is 523 g/mol. The highest BCUT2D eigenvalue weighted by atomic mass is 32.1. The number of nitrogens with one attached hydrogen (secondary N) is 1. The number of amides is 2. The molecule has 0 spiro atoms. The number of methoxy groups -OCH3 is 2. The van der Waals surface area contributed by atoms with Crippen LogP contribution in [0.25, 0.3) is 0 Å². The van der Waals surface area contributed by atoms with Crippen molar-refractivity contribution in [2.24, 2.45) is 0 Å². The number of hydrogen-bond donors (Lipinski definition) is 1. The Hall–Kier alpha value is -3.59. The number of rotatable bonds is 10. The molecule has 196 valence electrons. The van der Waals surface area contributed by atoms with Gasteiger partial charge in [0.2, 0.25) is 5.91 Å². The number of ether oxygens (including phenoxy) is 3. The molecule has 0 unspecified atom stereocenters. The van der Waals surface area contributed by atoms with Gasteiger partial charge in [0.25, 0.3) is 5.91 Å². The summed E-state index contributed by atoms with van der Waals surface area (Å²) >= 11 is 1.62. The Morgan fingerprint density at radius 3 is 2.76 bits per heavy atom. The van der Waals surface area contributed by atoms with E-state index in [4.69, 9.17) is 14.2 Å². The van der Waals surface area contributed by atoms with Gasteiger partial charge in [-0.15, -0.1) is 11.3 Å². The number of nitrogens with zero attached hydrogens (tertiary/aromatic N) is 2. The van der Waals surface area contributed by atoms with Crippen molar-refractivity contribution in [1.29, 1.82) is 0 Å². The topological polar surface area (TPSA) is 90.0 Å². The van der Waals surface area contributed by atoms with E-state index >= 15 is 0 Å². The molecule has 3 aromatic rings. The van der Waals surface area contributed by atoms with Gasteiger partial charge in [0, 0.05) is 30.0 Å². The second-order valence-electron chi connectivity index (χ2n) is 8.91. The van der Waals surface area contributed by atoms with Crippen LogP contribution in [0.5, 0.6) is 17.2 Å². The Morgan fingerprint density at radius 2 is 2.00 bits per heavy atom. The van der Waals surface area contributed by atoms with Crippen LogP contribution in [0.2, 0.25) is 0 Å². The van der Waals surface area contributed by atoms with Crippen LogP contribution >= 0.6 is 11.3 Å². The summed E-state index contributed by atoms with van der Waals surface area (Å²) in [7, 11) is 3.16. The maximum absolute atomic E-state index is 13.7. The minimum Gasteiger partial charge on any atom is -0.497 e. The molecular formula is C28H33N3O5S. The number of benzene rings is 2. The SMILES string of the molecule is COc1cccc(C(=O)N(Cc2ccc(OCCc3scnc3C)c(OC)c2)[C@H]2CCCCNC2=O)c1. The summed E-state index contributed by atoms with van der Waals surface area (Å²) in [6.07, 6.45) is 3.13. The number of aryl methyl sites for hydroxylation is 1. The largest absolute Gasteiger partial charge is 0.497 e. The Balaban J connectivity index is 1.55. The lowest BCUT2D eigenvalue weighted by Gasteiger charge is -2.30. The van der Waals surface area contributed by atoms with Gasteiger partial charge in [-0.3, -0.25) is 9.59 Å². The first kappa shape index (κ1) is 26.5. The minimum atomic E-state index is -0.564. The van der Waals surface area contributed by atoms with Crippen molar-refractivity contribution < 1.29 is 23.8 Å². The molecule has 9 heteroatoms. The van der Waals surface area contributed by atoms with Crippen molar-refractivity contribution in [3.05, 3.63) is 69.7 Å². The smallest absolute Gasteiger partial charge is 0.254 e. The Kier molecular flexibility index (Phi) is 9.00. The van der Waals surface area contributed by atoms with Gasteiger partial charge in [0.05, 0.1) is 32.0 Å². The van der Waals surface area contributed by atoms with Crippen molar-refractivity contribution in [1.82, 2.24) is 15.2 Å². The molecule has 1 atom stereocenters. The van der Waals surface area contributed by atoms with Gasteiger partial charge in [-0.1, -0.05) is 12.1 Å². The molecule has 0 saturated carbocycles. The van der Waals surface area contributed by atoms with Crippen molar-refractivity contribution in [3.63, 3.8) is 0 Å². The van der Waals surface area contributed by atoms with E-state index in [0.29, 0.717) is 42.4 Å². The summed E-state index contributed by atoms with van der Waals surface area (Å²) in [5.74, 6) is 1.45. The molecule has 1 N–H and O–H groups in total. The fourth-order valence-electron chi connectivity index (χ4n) is 4.41. The number of aromatic nitrogens is 1. The molecule has 8 nitrogen and oxygen atoms in total. The van der Waals surface area contributed by atoms with Gasteiger partial charge in [-0.2, -0.15) is 0 Å². The molecule has 2 aromatic carbocycles. The lowest BCUT2D eigenvalue weighted by Crippen LogP contribution is -2.48. The van der Waals surface area contributed by atoms with E-state index < -0.39 is 6.04 Å². The molecular weight excluding hydrogens is 490 g/mol. The summed E-state index contributed by atoms with van der Waals surface area (Å²) in [4.78, 5) is 33.8. The van der Waals surface area contributed by atoms with Crippen LogP contribution in [0.3, 0.4) is 0 Å². The Bertz CT molecular complexity index is 1230. The quantitative estimate of drug-likeness (QED) is 0.424. The fourth-order valence-corrected chi connectivity index (χ4v) is 5.17. The summed E-state index contributed by atoms with van der Waals surface area (Å²) in [5.41, 5.74) is 4.18. The average molecular weight is 524 g/mol. The van der Waals surface area contributed by atoms with Crippen molar-refractivity contribution in [3.8, 4) is 17.2 Å². The van der Waals surface area contributed by atoms with E-state index in [2.05, 4.69) is 10.3 Å². The van der Waals surface area contributed by atoms with Crippen LogP contribution in [-0.2, 0) is 17.8 Å². The summed E-state index contributed by atoms with van der Waals surface area (Å²) in [5, 5.41) is 2.95. The fraction of sp³-hybridized carbons (Fsp3) is 0.393. The molecule has 0 bridgehead atoms. The zero-order chi connectivity index (χ0) is 26.2. The highest BCUT2D eigenvalue weighted by Gasteiger charge is 2.32.